The van der Waals surface area contributed by atoms with Gasteiger partial charge >= 0.3 is 0 Å². The molecule has 265 valence electrons. The first-order valence-electron chi connectivity index (χ1n) is 18.0. The zero-order valence-electron chi connectivity index (χ0n) is 31.3. The fourth-order valence-corrected chi connectivity index (χ4v) is 6.81. The van der Waals surface area contributed by atoms with Crippen LogP contribution in [0, 0.1) is 38.3 Å². The van der Waals surface area contributed by atoms with Crippen molar-refractivity contribution in [2.45, 2.75) is 48.0 Å². The molecule has 0 aliphatic rings. The molecule has 0 aliphatic heterocycles. The molecule has 0 saturated heterocycles. The van der Waals surface area contributed by atoms with Crippen LogP contribution in [0.1, 0.15) is 43.0 Å². The summed E-state index contributed by atoms with van der Waals surface area (Å²) in [5.74, 6) is 0. The number of pyridine rings is 2. The number of benzene rings is 6. The maximum absolute atomic E-state index is 4.75. The normalized spacial score (nSPS) is 11.1. The van der Waals surface area contributed by atoms with Gasteiger partial charge in [0.1, 0.15) is 0 Å². The summed E-state index contributed by atoms with van der Waals surface area (Å²) in [6, 6.07) is 53.7. The second-order valence-electron chi connectivity index (χ2n) is 14.9. The van der Waals surface area contributed by atoms with Crippen molar-refractivity contribution in [2.24, 2.45) is 5.41 Å². The summed E-state index contributed by atoms with van der Waals surface area (Å²) < 4.78 is 0. The topological polar surface area (TPSA) is 25.8 Å². The standard InChI is InChI=1S/C31H28N.C19H16N.Ir/c1-21-20-32-30(18-25(21)19-31(2,3)4)24-12-9-11-22(16-24)29-17-23-10-5-6-13-26(23)27-14-7-8-15-28(27)29;1-14-8-10-17(11-9-14)19-12-18(15(2)13-20-19)16-6-4-3-5-7-16;/h5-11,13-18,20H,19H2,1-4H3;3-10,12-13H,1-2H3;/q2*-1;. The molecule has 0 fully saturated rings. The SMILES string of the molecule is Cc1c[c-]c(-c2cc(-c3ccccc3)c(C)cn2)cc1.Cc1cnc(-c2[c-]ccc(-c3cc4ccccc4c4ccccc34)c2)cc1CC(C)(C)C.[Ir]. The molecule has 3 heteroatoms. The number of hydrogen-bond acceptors (Lipinski definition) is 2. The van der Waals surface area contributed by atoms with Gasteiger partial charge in [-0.05, 0) is 92.5 Å². The van der Waals surface area contributed by atoms with Crippen molar-refractivity contribution in [3.05, 3.63) is 180 Å². The predicted octanol–water partition coefficient (Wildman–Crippen LogP) is 13.2. The molecular formula is C50H44IrN2-2. The van der Waals surface area contributed by atoms with Gasteiger partial charge in [-0.15, -0.1) is 70.8 Å². The van der Waals surface area contributed by atoms with E-state index in [9.17, 15) is 0 Å². The molecule has 2 nitrogen and oxygen atoms in total. The molecule has 0 unspecified atom stereocenters. The fraction of sp³-hybridized carbons (Fsp3) is 0.160. The summed E-state index contributed by atoms with van der Waals surface area (Å²) in [5, 5.41) is 5.11. The Bertz CT molecular complexity index is 2490. The summed E-state index contributed by atoms with van der Waals surface area (Å²) >= 11 is 0. The maximum Gasteiger partial charge on any atom is 0.0196 e. The van der Waals surface area contributed by atoms with Crippen LogP contribution in [0.4, 0.5) is 0 Å². The first kappa shape index (κ1) is 37.5. The Morgan fingerprint density at radius 3 is 1.92 bits per heavy atom. The van der Waals surface area contributed by atoms with E-state index in [0.29, 0.717) is 0 Å². The van der Waals surface area contributed by atoms with Crippen LogP contribution in [0.2, 0.25) is 0 Å². The Kier molecular flexibility index (Phi) is 11.5. The molecule has 0 amide bonds. The predicted molar refractivity (Wildman–Crippen MR) is 220 cm³/mol. The Morgan fingerprint density at radius 2 is 1.21 bits per heavy atom. The van der Waals surface area contributed by atoms with E-state index in [-0.39, 0.29) is 25.5 Å². The van der Waals surface area contributed by atoms with E-state index in [1.807, 2.05) is 30.6 Å². The molecule has 8 aromatic rings. The van der Waals surface area contributed by atoms with Gasteiger partial charge in [0.15, 0.2) is 0 Å². The monoisotopic (exact) mass is 865 g/mol. The molecule has 0 aliphatic carbocycles. The minimum absolute atomic E-state index is 0. The van der Waals surface area contributed by atoms with E-state index in [1.54, 1.807) is 0 Å². The van der Waals surface area contributed by atoms with Crippen LogP contribution in [-0.2, 0) is 26.5 Å². The number of hydrogen-bond donors (Lipinski definition) is 0. The van der Waals surface area contributed by atoms with E-state index >= 15 is 0 Å². The molecule has 1 radical (unpaired) electrons. The number of rotatable bonds is 5. The number of aryl methyl sites for hydroxylation is 3. The summed E-state index contributed by atoms with van der Waals surface area (Å²) in [7, 11) is 0. The molecule has 0 spiro atoms. The summed E-state index contributed by atoms with van der Waals surface area (Å²) in [5.41, 5.74) is 14.2. The van der Waals surface area contributed by atoms with Crippen molar-refractivity contribution in [2.75, 3.05) is 0 Å². The molecule has 8 rings (SSSR count). The minimum atomic E-state index is 0. The summed E-state index contributed by atoms with van der Waals surface area (Å²) in [6.45, 7) is 13.2. The van der Waals surface area contributed by atoms with Gasteiger partial charge in [0.05, 0.1) is 0 Å². The smallest absolute Gasteiger partial charge is 0.0196 e. The van der Waals surface area contributed by atoms with Crippen molar-refractivity contribution in [1.29, 1.82) is 0 Å². The third kappa shape index (κ3) is 8.71. The molecule has 2 heterocycles. The van der Waals surface area contributed by atoms with Crippen molar-refractivity contribution in [3.63, 3.8) is 0 Å². The third-order valence-corrected chi connectivity index (χ3v) is 9.52. The second-order valence-corrected chi connectivity index (χ2v) is 14.9. The Balaban J connectivity index is 0.000000197. The maximum atomic E-state index is 4.75. The molecule has 6 aromatic carbocycles. The minimum Gasteiger partial charge on any atom is -0.304 e. The number of fused-ring (bicyclic) bond motifs is 3. The van der Waals surface area contributed by atoms with E-state index in [0.717, 1.165) is 28.9 Å². The fourth-order valence-electron chi connectivity index (χ4n) is 6.81. The number of nitrogens with zero attached hydrogens (tertiary/aromatic N) is 2. The number of aromatic nitrogens is 2. The molecule has 53 heavy (non-hydrogen) atoms. The largest absolute Gasteiger partial charge is 0.304 e. The average Bonchev–Trinajstić information content (AvgIpc) is 3.16. The van der Waals surface area contributed by atoms with Gasteiger partial charge in [0.25, 0.3) is 0 Å². The first-order valence-corrected chi connectivity index (χ1v) is 18.0. The van der Waals surface area contributed by atoms with E-state index in [2.05, 4.69) is 174 Å². The van der Waals surface area contributed by atoms with Crippen LogP contribution in [0.5, 0.6) is 0 Å². The average molecular weight is 865 g/mol. The van der Waals surface area contributed by atoms with Crippen LogP contribution in [0.15, 0.2) is 146 Å². The molecule has 0 atom stereocenters. The molecular weight excluding hydrogens is 821 g/mol. The van der Waals surface area contributed by atoms with Crippen LogP contribution in [0.3, 0.4) is 0 Å². The van der Waals surface area contributed by atoms with E-state index < -0.39 is 0 Å². The molecule has 2 aromatic heterocycles. The summed E-state index contributed by atoms with van der Waals surface area (Å²) in [6.07, 6.45) is 4.97. The van der Waals surface area contributed by atoms with Crippen molar-refractivity contribution in [1.82, 2.24) is 9.97 Å². The van der Waals surface area contributed by atoms with E-state index in [4.69, 9.17) is 4.98 Å². The van der Waals surface area contributed by atoms with Crippen LogP contribution >= 0.6 is 0 Å². The molecule has 0 N–H and O–H groups in total. The van der Waals surface area contributed by atoms with Gasteiger partial charge in [0, 0.05) is 32.5 Å². The zero-order valence-corrected chi connectivity index (χ0v) is 33.7. The van der Waals surface area contributed by atoms with Crippen molar-refractivity contribution >= 4 is 21.5 Å². The van der Waals surface area contributed by atoms with Gasteiger partial charge in [-0.3, -0.25) is 0 Å². The zero-order chi connectivity index (χ0) is 36.2. The van der Waals surface area contributed by atoms with Crippen molar-refractivity contribution in [3.8, 4) is 44.8 Å². The van der Waals surface area contributed by atoms with Gasteiger partial charge in [-0.25, -0.2) is 0 Å². The van der Waals surface area contributed by atoms with Crippen LogP contribution in [-0.4, -0.2) is 9.97 Å². The van der Waals surface area contributed by atoms with Crippen LogP contribution in [0.25, 0.3) is 66.3 Å². The Labute approximate surface area is 328 Å². The van der Waals surface area contributed by atoms with Gasteiger partial charge < -0.3 is 9.97 Å². The van der Waals surface area contributed by atoms with Gasteiger partial charge in [-0.2, -0.15) is 0 Å². The molecule has 0 bridgehead atoms. The summed E-state index contributed by atoms with van der Waals surface area (Å²) in [4.78, 5) is 9.29. The Hall–Kier alpha value is -5.21. The second kappa shape index (κ2) is 16.2. The quantitative estimate of drug-likeness (QED) is 0.127. The van der Waals surface area contributed by atoms with Crippen LogP contribution < -0.4 is 0 Å². The van der Waals surface area contributed by atoms with Gasteiger partial charge in [0.2, 0.25) is 0 Å². The van der Waals surface area contributed by atoms with Gasteiger partial charge in [-0.1, -0.05) is 124 Å². The van der Waals surface area contributed by atoms with E-state index in [1.165, 1.54) is 66.1 Å². The Morgan fingerprint density at radius 1 is 0.547 bits per heavy atom. The third-order valence-electron chi connectivity index (χ3n) is 9.52. The molecule has 0 saturated carbocycles. The first-order chi connectivity index (χ1) is 25.1. The van der Waals surface area contributed by atoms with Crippen molar-refractivity contribution < 1.29 is 20.1 Å².